The average Bonchev–Trinajstić information content (AvgIpc) is 3.47. The van der Waals surface area contributed by atoms with Gasteiger partial charge in [0.05, 0.1) is 18.2 Å². The molecule has 4 N–H and O–H groups in total. The zero-order chi connectivity index (χ0) is 21.3. The minimum absolute atomic E-state index is 0.168. The highest BCUT2D eigenvalue weighted by Crippen LogP contribution is 2.54. The Balaban J connectivity index is 0.000000687. The fraction of sp³-hybridized carbons (Fsp3) is 0.526. The molecule has 30 heavy (non-hydrogen) atoms. The van der Waals surface area contributed by atoms with E-state index in [2.05, 4.69) is 25.3 Å². The molecule has 3 aliphatic heterocycles. The first-order valence-electron chi connectivity index (χ1n) is 9.76. The number of ether oxygens (including phenoxy) is 1. The Morgan fingerprint density at radius 3 is 3.03 bits per heavy atom. The predicted molar refractivity (Wildman–Crippen MR) is 105 cm³/mol. The maximum absolute atomic E-state index is 12.3. The van der Waals surface area contributed by atoms with Gasteiger partial charge in [-0.05, 0) is 25.8 Å². The predicted octanol–water partition coefficient (Wildman–Crippen LogP) is 0.470. The Kier molecular flexibility index (Phi) is 5.29. The second kappa shape index (κ2) is 7.90. The quantitative estimate of drug-likeness (QED) is 0.598. The van der Waals surface area contributed by atoms with Crippen LogP contribution in [-0.2, 0) is 9.53 Å². The van der Waals surface area contributed by atoms with E-state index < -0.39 is 0 Å². The van der Waals surface area contributed by atoms with Crippen LogP contribution in [0.5, 0.6) is 0 Å². The van der Waals surface area contributed by atoms with Crippen molar-refractivity contribution in [2.45, 2.75) is 31.5 Å². The van der Waals surface area contributed by atoms with Gasteiger partial charge in [0, 0.05) is 37.2 Å². The Bertz CT molecular complexity index is 936. The van der Waals surface area contributed by atoms with E-state index in [1.807, 2.05) is 0 Å². The molecule has 2 aromatic rings. The van der Waals surface area contributed by atoms with Gasteiger partial charge in [0.25, 0.3) is 12.4 Å². The molecule has 0 aliphatic carbocycles. The third-order valence-electron chi connectivity index (χ3n) is 6.09. The van der Waals surface area contributed by atoms with E-state index in [0.717, 1.165) is 25.9 Å². The number of carbonyl (C=O) groups is 2. The summed E-state index contributed by atoms with van der Waals surface area (Å²) in [6.45, 7) is 3.66. The fourth-order valence-corrected chi connectivity index (χ4v) is 4.90. The molecular formula is C19H24N6O5. The second-order valence-electron chi connectivity index (χ2n) is 7.83. The summed E-state index contributed by atoms with van der Waals surface area (Å²) in [6, 6.07) is 3.33. The van der Waals surface area contributed by atoms with Crippen molar-refractivity contribution in [1.82, 2.24) is 20.4 Å². The van der Waals surface area contributed by atoms with Gasteiger partial charge in [-0.3, -0.25) is 9.59 Å². The first kappa shape index (κ1) is 20.1. The van der Waals surface area contributed by atoms with E-state index in [-0.39, 0.29) is 30.0 Å². The third kappa shape index (κ3) is 3.56. The number of aromatic nitrogens is 3. The van der Waals surface area contributed by atoms with Gasteiger partial charge in [0.15, 0.2) is 5.69 Å². The number of nitrogens with one attached hydrogen (secondary N) is 1. The van der Waals surface area contributed by atoms with Crippen molar-refractivity contribution in [1.29, 1.82) is 0 Å². The number of fused-ring (bicyclic) bond motifs is 1. The molecule has 3 aliphatic rings. The van der Waals surface area contributed by atoms with Gasteiger partial charge in [-0.25, -0.2) is 4.98 Å². The Hall–Kier alpha value is -3.21. The Morgan fingerprint density at radius 1 is 1.53 bits per heavy atom. The molecule has 4 atom stereocenters. The molecule has 11 nitrogen and oxygen atoms in total. The molecule has 160 valence electrons. The van der Waals surface area contributed by atoms with Gasteiger partial charge in [-0.15, -0.1) is 0 Å². The van der Waals surface area contributed by atoms with Crippen LogP contribution in [0.25, 0.3) is 0 Å². The van der Waals surface area contributed by atoms with Crippen LogP contribution in [0, 0.1) is 18.8 Å². The van der Waals surface area contributed by atoms with Crippen LogP contribution in [0.2, 0.25) is 0 Å². The molecule has 1 spiro atoms. The molecule has 5 heterocycles. The number of nitrogens with zero attached hydrogens (tertiary/aromatic N) is 4. The number of hydrogen-bond acceptors (Lipinski definition) is 9. The molecule has 0 aromatic carbocycles. The van der Waals surface area contributed by atoms with E-state index >= 15 is 0 Å². The highest BCUT2D eigenvalue weighted by Gasteiger charge is 2.63. The summed E-state index contributed by atoms with van der Waals surface area (Å²) in [6.07, 6.45) is 3.93. The Labute approximate surface area is 172 Å². The summed E-state index contributed by atoms with van der Waals surface area (Å²) in [7, 11) is 0. The van der Waals surface area contributed by atoms with Crippen LogP contribution < -0.4 is 16.0 Å². The van der Waals surface area contributed by atoms with Crippen molar-refractivity contribution in [2.24, 2.45) is 11.8 Å². The van der Waals surface area contributed by atoms with Crippen molar-refractivity contribution in [3.63, 3.8) is 0 Å². The fourth-order valence-electron chi connectivity index (χ4n) is 4.90. The minimum atomic E-state index is -0.250. The number of hydrogen-bond donors (Lipinski definition) is 3. The standard InChI is InChI=1S/C18H22N6O3.CH2O2/c1-10-6-13(23-27-10)16(25)21-7-11-12-8-24(17-20-5-3-15(19)22-17)9-18(12)4-2-14(11)26-18;2-1-3/h3,5-6,11-12,14H,2,4,7-9H2,1H3,(H,21,25)(H2,19,20,22);1H,(H,2,3)/t11-,12+,14+,18+;/m0./s1. The van der Waals surface area contributed by atoms with E-state index in [1.165, 1.54) is 0 Å². The second-order valence-corrected chi connectivity index (χ2v) is 7.83. The van der Waals surface area contributed by atoms with Gasteiger partial charge in [-0.2, -0.15) is 4.98 Å². The largest absolute Gasteiger partial charge is 0.483 e. The Morgan fingerprint density at radius 2 is 2.33 bits per heavy atom. The van der Waals surface area contributed by atoms with Gasteiger partial charge < -0.3 is 30.3 Å². The van der Waals surface area contributed by atoms with Crippen LogP contribution in [0.1, 0.15) is 29.1 Å². The highest BCUT2D eigenvalue weighted by atomic mass is 16.5. The first-order chi connectivity index (χ1) is 14.5. The summed E-state index contributed by atoms with van der Waals surface area (Å²) in [5.74, 6) is 2.12. The van der Waals surface area contributed by atoms with Crippen molar-refractivity contribution in [3.8, 4) is 0 Å². The zero-order valence-corrected chi connectivity index (χ0v) is 16.5. The molecule has 3 saturated heterocycles. The molecule has 2 bridgehead atoms. The topological polar surface area (TPSA) is 157 Å². The minimum Gasteiger partial charge on any atom is -0.483 e. The van der Waals surface area contributed by atoms with Crippen LogP contribution in [0.4, 0.5) is 11.8 Å². The number of carbonyl (C=O) groups excluding carboxylic acids is 1. The molecular weight excluding hydrogens is 392 g/mol. The number of anilines is 2. The maximum Gasteiger partial charge on any atom is 0.290 e. The average molecular weight is 416 g/mol. The van der Waals surface area contributed by atoms with Crippen molar-refractivity contribution < 1.29 is 24.0 Å². The normalized spacial score (nSPS) is 28.6. The lowest BCUT2D eigenvalue weighted by molar-refractivity contribution is -0.122. The first-order valence-corrected chi connectivity index (χ1v) is 9.76. The number of aryl methyl sites for hydroxylation is 1. The van der Waals surface area contributed by atoms with E-state index in [4.69, 9.17) is 24.9 Å². The van der Waals surface area contributed by atoms with Crippen LogP contribution in [0.3, 0.4) is 0 Å². The summed E-state index contributed by atoms with van der Waals surface area (Å²) in [4.78, 5) is 31.5. The third-order valence-corrected chi connectivity index (χ3v) is 6.09. The smallest absolute Gasteiger partial charge is 0.290 e. The van der Waals surface area contributed by atoms with Gasteiger partial charge in [0.2, 0.25) is 5.95 Å². The van der Waals surface area contributed by atoms with Crippen molar-refractivity contribution in [2.75, 3.05) is 30.3 Å². The lowest BCUT2D eigenvalue weighted by Crippen LogP contribution is -2.42. The number of nitrogens with two attached hydrogens (primary N) is 1. The number of amides is 1. The lowest BCUT2D eigenvalue weighted by atomic mass is 9.73. The molecule has 1 amide bonds. The molecule has 5 rings (SSSR count). The van der Waals surface area contributed by atoms with Crippen molar-refractivity contribution in [3.05, 3.63) is 29.8 Å². The molecule has 0 saturated carbocycles. The van der Waals surface area contributed by atoms with Crippen molar-refractivity contribution >= 4 is 24.1 Å². The van der Waals surface area contributed by atoms with E-state index in [9.17, 15) is 4.79 Å². The number of nitrogen functional groups attached to an aromatic ring is 1. The molecule has 11 heteroatoms. The summed E-state index contributed by atoms with van der Waals surface area (Å²) in [5, 5.41) is 13.7. The molecule has 2 aromatic heterocycles. The monoisotopic (exact) mass is 416 g/mol. The molecule has 3 fully saturated rings. The molecule has 0 radical (unpaired) electrons. The molecule has 0 unspecified atom stereocenters. The van der Waals surface area contributed by atoms with Crippen LogP contribution in [0.15, 0.2) is 22.9 Å². The van der Waals surface area contributed by atoms with Gasteiger partial charge in [-0.1, -0.05) is 5.16 Å². The van der Waals surface area contributed by atoms with Crippen LogP contribution >= 0.6 is 0 Å². The number of carboxylic acid groups (broad SMARTS) is 1. The highest BCUT2D eigenvalue weighted by molar-refractivity contribution is 5.92. The number of rotatable bonds is 4. The van der Waals surface area contributed by atoms with Gasteiger partial charge >= 0.3 is 0 Å². The summed E-state index contributed by atoms with van der Waals surface area (Å²) in [5.41, 5.74) is 5.96. The SMILES string of the molecule is Cc1cc(C(=O)NC[C@H]2[C@H]3CN(c4nccc(N)n4)C[C@]34CC[C@H]2O4)no1.O=CO. The zero-order valence-electron chi connectivity index (χ0n) is 16.5. The summed E-state index contributed by atoms with van der Waals surface area (Å²) < 4.78 is 11.4. The lowest BCUT2D eigenvalue weighted by Gasteiger charge is -2.29. The maximum atomic E-state index is 12.3. The van der Waals surface area contributed by atoms with Crippen LogP contribution in [-0.4, -0.2) is 63.9 Å². The summed E-state index contributed by atoms with van der Waals surface area (Å²) >= 11 is 0. The van der Waals surface area contributed by atoms with Gasteiger partial charge in [0.1, 0.15) is 11.6 Å². The van der Waals surface area contributed by atoms with E-state index in [0.29, 0.717) is 35.7 Å². The van der Waals surface area contributed by atoms with E-state index in [1.54, 1.807) is 25.3 Å².